The van der Waals surface area contributed by atoms with E-state index in [2.05, 4.69) is 10.3 Å². The Hall–Kier alpha value is -1.07. The smallest absolute Gasteiger partial charge is 0.251 e. The highest BCUT2D eigenvalue weighted by atomic mass is 32.2. The summed E-state index contributed by atoms with van der Waals surface area (Å²) < 4.78 is 0. The molecule has 1 heterocycles. The molecule has 1 amide bonds. The first-order chi connectivity index (χ1) is 7.67. The van der Waals surface area contributed by atoms with Gasteiger partial charge in [-0.05, 0) is 25.3 Å². The lowest BCUT2D eigenvalue weighted by molar-refractivity contribution is 0.0943. The molecular formula is C11H17N3OS. The average Bonchev–Trinajstić information content (AvgIpc) is 2.29. The fraction of sp³-hybridized carbons (Fsp3) is 0.455. The number of thioether (sulfide) groups is 1. The van der Waals surface area contributed by atoms with Crippen molar-refractivity contribution in [2.24, 2.45) is 5.73 Å². The molecule has 88 valence electrons. The van der Waals surface area contributed by atoms with Crippen molar-refractivity contribution in [1.82, 2.24) is 10.3 Å². The van der Waals surface area contributed by atoms with Gasteiger partial charge in [0.05, 0.1) is 5.69 Å². The van der Waals surface area contributed by atoms with Crippen molar-refractivity contribution in [2.45, 2.75) is 19.5 Å². The van der Waals surface area contributed by atoms with E-state index >= 15 is 0 Å². The first-order valence-electron chi connectivity index (χ1n) is 5.12. The van der Waals surface area contributed by atoms with Gasteiger partial charge in [0.2, 0.25) is 0 Å². The van der Waals surface area contributed by atoms with Crippen molar-refractivity contribution in [2.75, 3.05) is 12.0 Å². The highest BCUT2D eigenvalue weighted by Gasteiger charge is 2.09. The molecular weight excluding hydrogens is 222 g/mol. The molecule has 16 heavy (non-hydrogen) atoms. The molecule has 1 aromatic rings. The van der Waals surface area contributed by atoms with Crippen molar-refractivity contribution >= 4 is 17.7 Å². The summed E-state index contributed by atoms with van der Waals surface area (Å²) in [6.07, 6.45) is 3.62. The van der Waals surface area contributed by atoms with Gasteiger partial charge >= 0.3 is 0 Å². The van der Waals surface area contributed by atoms with E-state index in [0.29, 0.717) is 12.1 Å². The van der Waals surface area contributed by atoms with Crippen molar-refractivity contribution in [3.63, 3.8) is 0 Å². The largest absolute Gasteiger partial charge is 0.349 e. The van der Waals surface area contributed by atoms with Gasteiger partial charge in [-0.3, -0.25) is 9.78 Å². The summed E-state index contributed by atoms with van der Waals surface area (Å²) in [5.74, 6) is 0.833. The SMILES string of the molecule is CSCC(C)NC(=O)c1ccnc(CN)c1. The van der Waals surface area contributed by atoms with E-state index in [0.717, 1.165) is 11.4 Å². The summed E-state index contributed by atoms with van der Waals surface area (Å²) in [5, 5.41) is 2.92. The molecule has 5 heteroatoms. The summed E-state index contributed by atoms with van der Waals surface area (Å²) in [5.41, 5.74) is 6.81. The Labute approximate surface area is 100 Å². The lowest BCUT2D eigenvalue weighted by Crippen LogP contribution is -2.34. The van der Waals surface area contributed by atoms with Crippen LogP contribution in [0.15, 0.2) is 18.3 Å². The third-order valence-electron chi connectivity index (χ3n) is 2.08. The quantitative estimate of drug-likeness (QED) is 0.805. The topological polar surface area (TPSA) is 68.0 Å². The molecule has 0 aliphatic carbocycles. The van der Waals surface area contributed by atoms with Gasteiger partial charge in [0, 0.05) is 30.1 Å². The Morgan fingerprint density at radius 3 is 3.06 bits per heavy atom. The van der Waals surface area contributed by atoms with E-state index in [9.17, 15) is 4.79 Å². The van der Waals surface area contributed by atoms with E-state index in [1.807, 2.05) is 13.2 Å². The summed E-state index contributed by atoms with van der Waals surface area (Å²) >= 11 is 1.71. The minimum Gasteiger partial charge on any atom is -0.349 e. The van der Waals surface area contributed by atoms with Crippen LogP contribution < -0.4 is 11.1 Å². The van der Waals surface area contributed by atoms with Gasteiger partial charge in [0.25, 0.3) is 5.91 Å². The van der Waals surface area contributed by atoms with Crippen LogP contribution in [0.3, 0.4) is 0 Å². The van der Waals surface area contributed by atoms with Gasteiger partial charge < -0.3 is 11.1 Å². The average molecular weight is 239 g/mol. The predicted molar refractivity (Wildman–Crippen MR) is 67.4 cm³/mol. The number of nitrogens with zero attached hydrogens (tertiary/aromatic N) is 1. The molecule has 0 bridgehead atoms. The molecule has 1 aromatic heterocycles. The zero-order valence-electron chi connectivity index (χ0n) is 9.56. The maximum Gasteiger partial charge on any atom is 0.251 e. The minimum absolute atomic E-state index is 0.0707. The molecule has 1 atom stereocenters. The number of pyridine rings is 1. The van der Waals surface area contributed by atoms with Crippen molar-refractivity contribution in [3.05, 3.63) is 29.6 Å². The first kappa shape index (κ1) is 13.0. The molecule has 0 saturated carbocycles. The molecule has 1 rings (SSSR count). The number of carbonyl (C=O) groups is 1. The van der Waals surface area contributed by atoms with Gasteiger partial charge in [0.1, 0.15) is 0 Å². The second kappa shape index (κ2) is 6.50. The maximum absolute atomic E-state index is 11.8. The second-order valence-corrected chi connectivity index (χ2v) is 4.48. The molecule has 0 aromatic carbocycles. The number of rotatable bonds is 5. The number of hydrogen-bond acceptors (Lipinski definition) is 4. The maximum atomic E-state index is 11.8. The Bertz CT molecular complexity index is 357. The molecule has 0 saturated heterocycles. The molecule has 0 spiro atoms. The number of aromatic nitrogens is 1. The lowest BCUT2D eigenvalue weighted by Gasteiger charge is -2.12. The zero-order chi connectivity index (χ0) is 12.0. The van der Waals surface area contributed by atoms with Gasteiger partial charge in [-0.25, -0.2) is 0 Å². The van der Waals surface area contributed by atoms with Crippen LogP contribution in [0.5, 0.6) is 0 Å². The molecule has 0 aliphatic rings. The fourth-order valence-electron chi connectivity index (χ4n) is 1.33. The Kier molecular flexibility index (Phi) is 5.28. The van der Waals surface area contributed by atoms with Crippen LogP contribution in [0, 0.1) is 0 Å². The van der Waals surface area contributed by atoms with Gasteiger partial charge in [-0.1, -0.05) is 0 Å². The molecule has 0 radical (unpaired) electrons. The third kappa shape index (κ3) is 3.83. The van der Waals surface area contributed by atoms with Crippen molar-refractivity contribution < 1.29 is 4.79 Å². The van der Waals surface area contributed by atoms with Crippen LogP contribution in [0.1, 0.15) is 23.0 Å². The number of nitrogens with one attached hydrogen (secondary N) is 1. The van der Waals surface area contributed by atoms with Gasteiger partial charge in [-0.2, -0.15) is 11.8 Å². The standard InChI is InChI=1S/C11H17N3OS/c1-8(7-16-2)14-11(15)9-3-4-13-10(5-9)6-12/h3-5,8H,6-7,12H2,1-2H3,(H,14,15). The van der Waals surface area contributed by atoms with Crippen LogP contribution >= 0.6 is 11.8 Å². The number of amides is 1. The van der Waals surface area contributed by atoms with E-state index in [1.165, 1.54) is 0 Å². The van der Waals surface area contributed by atoms with E-state index < -0.39 is 0 Å². The molecule has 0 fully saturated rings. The van der Waals surface area contributed by atoms with Crippen LogP contribution in [0.2, 0.25) is 0 Å². The molecule has 1 unspecified atom stereocenters. The molecule has 0 aliphatic heterocycles. The van der Waals surface area contributed by atoms with Gasteiger partial charge in [0.15, 0.2) is 0 Å². The summed E-state index contributed by atoms with van der Waals surface area (Å²) in [4.78, 5) is 15.9. The lowest BCUT2D eigenvalue weighted by atomic mass is 10.2. The number of carbonyl (C=O) groups excluding carboxylic acids is 1. The summed E-state index contributed by atoms with van der Waals surface area (Å²) in [7, 11) is 0. The van der Waals surface area contributed by atoms with Crippen LogP contribution in [0.25, 0.3) is 0 Å². The number of hydrogen-bond donors (Lipinski definition) is 2. The summed E-state index contributed by atoms with van der Waals surface area (Å²) in [6, 6.07) is 3.58. The van der Waals surface area contributed by atoms with Crippen LogP contribution in [-0.4, -0.2) is 28.9 Å². The molecule has 3 N–H and O–H groups in total. The van der Waals surface area contributed by atoms with Crippen molar-refractivity contribution in [1.29, 1.82) is 0 Å². The van der Waals surface area contributed by atoms with Crippen LogP contribution in [0.4, 0.5) is 0 Å². The zero-order valence-corrected chi connectivity index (χ0v) is 10.4. The third-order valence-corrected chi connectivity index (χ3v) is 2.92. The Balaban J connectivity index is 2.65. The highest BCUT2D eigenvalue weighted by Crippen LogP contribution is 2.03. The van der Waals surface area contributed by atoms with Gasteiger partial charge in [-0.15, -0.1) is 0 Å². The van der Waals surface area contributed by atoms with E-state index in [-0.39, 0.29) is 11.9 Å². The van der Waals surface area contributed by atoms with Crippen LogP contribution in [-0.2, 0) is 6.54 Å². The van der Waals surface area contributed by atoms with E-state index in [4.69, 9.17) is 5.73 Å². The van der Waals surface area contributed by atoms with Crippen molar-refractivity contribution in [3.8, 4) is 0 Å². The normalized spacial score (nSPS) is 12.2. The highest BCUT2D eigenvalue weighted by molar-refractivity contribution is 7.98. The predicted octanol–water partition coefficient (Wildman–Crippen LogP) is 1.02. The minimum atomic E-state index is -0.0707. The van der Waals surface area contributed by atoms with E-state index in [1.54, 1.807) is 30.1 Å². The molecule has 4 nitrogen and oxygen atoms in total. The first-order valence-corrected chi connectivity index (χ1v) is 6.51. The second-order valence-electron chi connectivity index (χ2n) is 3.57. The summed E-state index contributed by atoms with van der Waals surface area (Å²) in [6.45, 7) is 2.33. The monoisotopic (exact) mass is 239 g/mol. The Morgan fingerprint density at radius 2 is 2.44 bits per heavy atom. The Morgan fingerprint density at radius 1 is 1.69 bits per heavy atom. The fourth-order valence-corrected chi connectivity index (χ4v) is 1.91. The number of nitrogens with two attached hydrogens (primary N) is 1.